The SMILES string of the molecule is O=C(O)C(CCSCc1ccccc1)N(c1ccc2c3c(oc2c1)CCCC3)S(=O)[O-]. The Labute approximate surface area is 188 Å². The molecule has 0 radical (unpaired) electrons. The maximum Gasteiger partial charge on any atom is 0.327 e. The van der Waals surface area contributed by atoms with Crippen molar-refractivity contribution in [1.82, 2.24) is 0 Å². The van der Waals surface area contributed by atoms with E-state index in [2.05, 4.69) is 0 Å². The summed E-state index contributed by atoms with van der Waals surface area (Å²) in [4.78, 5) is 12.0. The molecule has 164 valence electrons. The number of carboxylic acid groups (broad SMARTS) is 1. The average Bonchev–Trinajstić information content (AvgIpc) is 3.14. The van der Waals surface area contributed by atoms with Gasteiger partial charge in [0.25, 0.3) is 0 Å². The van der Waals surface area contributed by atoms with Gasteiger partial charge in [0.1, 0.15) is 17.4 Å². The van der Waals surface area contributed by atoms with E-state index in [9.17, 15) is 18.7 Å². The third-order valence-corrected chi connectivity index (χ3v) is 7.42. The van der Waals surface area contributed by atoms with Gasteiger partial charge in [-0.1, -0.05) is 30.3 Å². The highest BCUT2D eigenvalue weighted by atomic mass is 32.2. The minimum atomic E-state index is -2.73. The van der Waals surface area contributed by atoms with E-state index >= 15 is 0 Å². The van der Waals surface area contributed by atoms with E-state index < -0.39 is 23.3 Å². The Hall–Kier alpha value is -2.29. The zero-order valence-corrected chi connectivity index (χ0v) is 18.6. The fourth-order valence-electron chi connectivity index (χ4n) is 4.06. The van der Waals surface area contributed by atoms with Gasteiger partial charge in [0.15, 0.2) is 0 Å². The van der Waals surface area contributed by atoms with Gasteiger partial charge < -0.3 is 14.1 Å². The molecule has 2 aromatic carbocycles. The average molecular weight is 459 g/mol. The fraction of sp³-hybridized carbons (Fsp3) is 0.348. The number of thioether (sulfide) groups is 1. The summed E-state index contributed by atoms with van der Waals surface area (Å²) in [7, 11) is 0. The van der Waals surface area contributed by atoms with Crippen molar-refractivity contribution in [2.75, 3.05) is 10.1 Å². The number of carboxylic acids is 1. The van der Waals surface area contributed by atoms with Crippen LogP contribution in [0.15, 0.2) is 52.9 Å². The molecule has 2 atom stereocenters. The van der Waals surface area contributed by atoms with E-state index in [0.717, 1.165) is 52.5 Å². The molecule has 0 bridgehead atoms. The number of nitrogens with zero attached hydrogens (tertiary/aromatic N) is 1. The molecule has 0 amide bonds. The summed E-state index contributed by atoms with van der Waals surface area (Å²) >= 11 is -1.14. The number of benzene rings is 2. The van der Waals surface area contributed by atoms with Crippen molar-refractivity contribution in [2.45, 2.75) is 43.9 Å². The molecule has 4 rings (SSSR count). The van der Waals surface area contributed by atoms with E-state index in [1.807, 2.05) is 36.4 Å². The third-order valence-electron chi connectivity index (χ3n) is 5.57. The van der Waals surface area contributed by atoms with E-state index in [1.54, 1.807) is 23.9 Å². The summed E-state index contributed by atoms with van der Waals surface area (Å²) in [6, 6.07) is 13.9. The van der Waals surface area contributed by atoms with Gasteiger partial charge in [-0.3, -0.25) is 8.51 Å². The molecule has 1 aliphatic rings. The highest BCUT2D eigenvalue weighted by molar-refractivity contribution is 7.98. The van der Waals surface area contributed by atoms with Gasteiger partial charge >= 0.3 is 5.97 Å². The summed E-state index contributed by atoms with van der Waals surface area (Å²) in [5.74, 6) is 1.07. The molecule has 1 aliphatic carbocycles. The van der Waals surface area contributed by atoms with Gasteiger partial charge in [0.2, 0.25) is 0 Å². The number of hydrogen-bond donors (Lipinski definition) is 1. The smallest absolute Gasteiger partial charge is 0.327 e. The van der Waals surface area contributed by atoms with Gasteiger partial charge in [-0.25, -0.2) is 4.79 Å². The normalized spacial score (nSPS) is 15.4. The van der Waals surface area contributed by atoms with Crippen molar-refractivity contribution in [3.8, 4) is 0 Å². The number of aliphatic carboxylic acids is 1. The quantitative estimate of drug-likeness (QED) is 0.369. The minimum absolute atomic E-state index is 0.202. The number of hydrogen-bond acceptors (Lipinski definition) is 5. The van der Waals surface area contributed by atoms with Crippen LogP contribution < -0.4 is 4.31 Å². The Balaban J connectivity index is 1.52. The molecule has 8 heteroatoms. The summed E-state index contributed by atoms with van der Waals surface area (Å²) in [5, 5.41) is 10.8. The topological polar surface area (TPSA) is 93.8 Å². The van der Waals surface area contributed by atoms with Crippen LogP contribution in [0.4, 0.5) is 5.69 Å². The zero-order chi connectivity index (χ0) is 21.8. The number of rotatable bonds is 9. The van der Waals surface area contributed by atoms with Crippen LogP contribution in [0.3, 0.4) is 0 Å². The highest BCUT2D eigenvalue weighted by Crippen LogP contribution is 2.35. The van der Waals surface area contributed by atoms with E-state index in [-0.39, 0.29) is 6.42 Å². The molecule has 0 fully saturated rings. The predicted octanol–water partition coefficient (Wildman–Crippen LogP) is 4.69. The molecule has 0 saturated heterocycles. The van der Waals surface area contributed by atoms with Crippen LogP contribution in [0, 0.1) is 0 Å². The molecule has 0 saturated carbocycles. The van der Waals surface area contributed by atoms with Crippen molar-refractivity contribution < 1.29 is 23.1 Å². The number of carbonyl (C=O) groups is 1. The van der Waals surface area contributed by atoms with Crippen molar-refractivity contribution in [3.63, 3.8) is 0 Å². The van der Waals surface area contributed by atoms with Crippen molar-refractivity contribution in [1.29, 1.82) is 0 Å². The fourth-order valence-corrected chi connectivity index (χ4v) is 5.71. The number of anilines is 1. The maximum absolute atomic E-state index is 12.1. The van der Waals surface area contributed by atoms with E-state index in [4.69, 9.17) is 4.42 Å². The van der Waals surface area contributed by atoms with Crippen LogP contribution in [-0.2, 0) is 34.7 Å². The first kappa shape index (κ1) is 21.9. The van der Waals surface area contributed by atoms with Crippen molar-refractivity contribution in [2.24, 2.45) is 0 Å². The first-order chi connectivity index (χ1) is 15.0. The lowest BCUT2D eigenvalue weighted by Crippen LogP contribution is -2.43. The molecule has 0 aliphatic heterocycles. The summed E-state index contributed by atoms with van der Waals surface area (Å²) < 4.78 is 31.0. The van der Waals surface area contributed by atoms with E-state index in [1.165, 1.54) is 5.56 Å². The van der Waals surface area contributed by atoms with E-state index in [0.29, 0.717) is 17.0 Å². The van der Waals surface area contributed by atoms with Gasteiger partial charge in [-0.15, -0.1) is 0 Å². The second kappa shape index (κ2) is 9.89. The van der Waals surface area contributed by atoms with Crippen LogP contribution in [0.25, 0.3) is 11.0 Å². The van der Waals surface area contributed by atoms with Crippen molar-refractivity contribution in [3.05, 3.63) is 65.4 Å². The van der Waals surface area contributed by atoms with Crippen LogP contribution in [0.5, 0.6) is 0 Å². The Morgan fingerprint density at radius 3 is 2.71 bits per heavy atom. The molecular formula is C23H24NO5S2-. The van der Waals surface area contributed by atoms with Crippen molar-refractivity contribution >= 4 is 45.7 Å². The van der Waals surface area contributed by atoms with Crippen LogP contribution in [0.2, 0.25) is 0 Å². The van der Waals surface area contributed by atoms with Crippen LogP contribution in [-0.4, -0.2) is 31.6 Å². The first-order valence-electron chi connectivity index (χ1n) is 10.3. The Bertz CT molecular complexity index is 1080. The molecule has 2 unspecified atom stereocenters. The second-order valence-corrected chi connectivity index (χ2v) is 9.55. The highest BCUT2D eigenvalue weighted by Gasteiger charge is 2.28. The molecule has 1 aromatic heterocycles. The largest absolute Gasteiger partial charge is 0.755 e. The molecule has 31 heavy (non-hydrogen) atoms. The molecule has 6 nitrogen and oxygen atoms in total. The van der Waals surface area contributed by atoms with Crippen LogP contribution >= 0.6 is 11.8 Å². The minimum Gasteiger partial charge on any atom is -0.755 e. The Morgan fingerprint density at radius 1 is 1.19 bits per heavy atom. The zero-order valence-electron chi connectivity index (χ0n) is 17.0. The second-order valence-electron chi connectivity index (χ2n) is 7.62. The molecule has 3 aromatic rings. The molecule has 1 N–H and O–H groups in total. The van der Waals surface area contributed by atoms with Gasteiger partial charge in [-0.2, -0.15) is 11.8 Å². The standard InChI is InChI=1S/C23H25NO5S2/c25-23(26)20(12-13-30-15-16-6-2-1-3-7-16)24(31(27)28)17-10-11-19-18-8-4-5-9-21(18)29-22(19)14-17/h1-3,6-7,10-11,14,20H,4-5,8-9,12-13,15H2,(H,25,26)(H,27,28)/p-1. The lowest BCUT2D eigenvalue weighted by Gasteiger charge is -2.32. The monoisotopic (exact) mass is 458 g/mol. The number of fused-ring (bicyclic) bond motifs is 3. The Kier molecular flexibility index (Phi) is 6.99. The number of furan rings is 1. The number of aryl methyl sites for hydroxylation is 2. The molecule has 1 heterocycles. The van der Waals surface area contributed by atoms with Gasteiger partial charge in [0, 0.05) is 40.5 Å². The van der Waals surface area contributed by atoms with Gasteiger partial charge in [0.05, 0.1) is 5.69 Å². The lowest BCUT2D eigenvalue weighted by atomic mass is 9.96. The summed E-state index contributed by atoms with van der Waals surface area (Å²) in [5.41, 5.74) is 3.26. The van der Waals surface area contributed by atoms with Crippen LogP contribution in [0.1, 0.15) is 36.1 Å². The molecular weight excluding hydrogens is 434 g/mol. The summed E-state index contributed by atoms with van der Waals surface area (Å²) in [6.45, 7) is 0. The first-order valence-corrected chi connectivity index (χ1v) is 12.5. The van der Waals surface area contributed by atoms with Gasteiger partial charge in [-0.05, 0) is 49.1 Å². The summed E-state index contributed by atoms with van der Waals surface area (Å²) in [6.07, 6.45) is 4.23. The molecule has 0 spiro atoms. The Morgan fingerprint density at radius 2 is 1.97 bits per heavy atom. The lowest BCUT2D eigenvalue weighted by molar-refractivity contribution is -0.138. The third kappa shape index (κ3) is 4.97. The predicted molar refractivity (Wildman–Crippen MR) is 123 cm³/mol. The maximum atomic E-state index is 12.1.